The molecule has 2 N–H and O–H groups in total. The monoisotopic (exact) mass is 472 g/mol. The van der Waals surface area contributed by atoms with Gasteiger partial charge >= 0.3 is 0 Å². The topological polar surface area (TPSA) is 90.5 Å². The average molecular weight is 473 g/mol. The Labute approximate surface area is 206 Å². The molecule has 8 nitrogen and oxygen atoms in total. The molecule has 0 saturated carbocycles. The summed E-state index contributed by atoms with van der Waals surface area (Å²) < 4.78 is 0. The second-order valence-corrected chi connectivity index (χ2v) is 9.25. The van der Waals surface area contributed by atoms with Crippen LogP contribution in [0.25, 0.3) is 0 Å². The second-order valence-electron chi connectivity index (χ2n) is 9.25. The van der Waals surface area contributed by atoms with Crippen LogP contribution in [0.1, 0.15) is 43.1 Å². The summed E-state index contributed by atoms with van der Waals surface area (Å²) in [5.74, 6) is 1.16. The predicted molar refractivity (Wildman–Crippen MR) is 139 cm³/mol. The number of amides is 2. The van der Waals surface area contributed by atoms with Crippen molar-refractivity contribution in [1.29, 1.82) is 0 Å². The number of hydrogen-bond acceptors (Lipinski definition) is 6. The summed E-state index contributed by atoms with van der Waals surface area (Å²) in [6.45, 7) is 7.58. The van der Waals surface area contributed by atoms with Gasteiger partial charge in [-0.05, 0) is 61.2 Å². The first-order chi connectivity index (χ1) is 16.8. The van der Waals surface area contributed by atoms with E-state index < -0.39 is 0 Å². The highest BCUT2D eigenvalue weighted by atomic mass is 16.2. The first kappa shape index (κ1) is 24.2. The Kier molecular flexibility index (Phi) is 7.29. The van der Waals surface area contributed by atoms with Gasteiger partial charge in [0.2, 0.25) is 5.91 Å². The van der Waals surface area contributed by atoms with E-state index >= 15 is 0 Å². The molecular weight excluding hydrogens is 440 g/mol. The molecule has 2 amide bonds. The first-order valence-electron chi connectivity index (χ1n) is 11.9. The molecule has 0 fully saturated rings. The van der Waals surface area contributed by atoms with E-state index in [-0.39, 0.29) is 17.9 Å². The van der Waals surface area contributed by atoms with E-state index in [4.69, 9.17) is 0 Å². The highest BCUT2D eigenvalue weighted by Crippen LogP contribution is 2.37. The van der Waals surface area contributed by atoms with Crippen molar-refractivity contribution in [3.05, 3.63) is 72.2 Å². The van der Waals surface area contributed by atoms with Gasteiger partial charge in [-0.1, -0.05) is 13.8 Å². The first-order valence-corrected chi connectivity index (χ1v) is 11.9. The van der Waals surface area contributed by atoms with E-state index in [2.05, 4.69) is 39.3 Å². The Hall–Kier alpha value is -3.94. The highest BCUT2D eigenvalue weighted by Gasteiger charge is 2.33. The van der Waals surface area contributed by atoms with Gasteiger partial charge in [0.25, 0.3) is 5.91 Å². The van der Waals surface area contributed by atoms with Crippen LogP contribution in [0.3, 0.4) is 0 Å². The molecule has 3 heterocycles. The quantitative estimate of drug-likeness (QED) is 0.506. The number of carbonyl (C=O) groups is 2. The van der Waals surface area contributed by atoms with Crippen LogP contribution in [-0.4, -0.2) is 41.4 Å². The third-order valence-corrected chi connectivity index (χ3v) is 6.26. The van der Waals surface area contributed by atoms with Gasteiger partial charge in [0, 0.05) is 49.8 Å². The van der Waals surface area contributed by atoms with Crippen LogP contribution < -0.4 is 20.4 Å². The van der Waals surface area contributed by atoms with Crippen molar-refractivity contribution in [2.24, 2.45) is 5.92 Å². The minimum Gasteiger partial charge on any atom is -0.358 e. The summed E-state index contributed by atoms with van der Waals surface area (Å²) in [6.07, 6.45) is 6.15. The largest absolute Gasteiger partial charge is 0.358 e. The molecule has 0 bridgehead atoms. The molecular formula is C27H32N6O2. The van der Waals surface area contributed by atoms with E-state index in [9.17, 15) is 9.59 Å². The zero-order chi connectivity index (χ0) is 24.9. The van der Waals surface area contributed by atoms with Crippen LogP contribution in [-0.2, 0) is 11.3 Å². The number of rotatable bonds is 8. The Morgan fingerprint density at radius 1 is 1.09 bits per heavy atom. The number of carbonyl (C=O) groups excluding carboxylic acids is 2. The lowest BCUT2D eigenvalue weighted by Gasteiger charge is -2.40. The minimum atomic E-state index is -0.230. The maximum absolute atomic E-state index is 12.7. The minimum absolute atomic E-state index is 0.0709. The second kappa shape index (κ2) is 10.5. The predicted octanol–water partition coefficient (Wildman–Crippen LogP) is 4.37. The number of pyridine rings is 2. The summed E-state index contributed by atoms with van der Waals surface area (Å²) in [7, 11) is 1.80. The Balaban J connectivity index is 1.46. The van der Waals surface area contributed by atoms with E-state index in [0.29, 0.717) is 23.8 Å². The summed E-state index contributed by atoms with van der Waals surface area (Å²) in [5.41, 5.74) is 4.20. The molecule has 4 rings (SSSR count). The zero-order valence-corrected chi connectivity index (χ0v) is 20.7. The van der Waals surface area contributed by atoms with Crippen LogP contribution in [0.15, 0.2) is 61.1 Å². The molecule has 0 radical (unpaired) electrons. The fourth-order valence-corrected chi connectivity index (χ4v) is 4.08. The van der Waals surface area contributed by atoms with Gasteiger partial charge in [-0.3, -0.25) is 14.6 Å². The standard InChI is InChI=1S/C27H32N6O2/c1-18(2)11-14-33-19(3)27(35)32(4)24-17-29-25(15-23(24)33)31-22-7-5-21(6-8-22)26(34)30-16-20-9-12-28-13-10-20/h5-10,12-13,15,17-19H,11,14,16H2,1-4H3,(H,29,31)(H,30,34). The van der Waals surface area contributed by atoms with Gasteiger partial charge in [-0.25, -0.2) is 4.98 Å². The molecule has 3 aromatic rings. The Morgan fingerprint density at radius 2 is 1.80 bits per heavy atom. The fraction of sp³-hybridized carbons (Fsp3) is 0.333. The van der Waals surface area contributed by atoms with Crippen LogP contribution in [0.5, 0.6) is 0 Å². The normalized spacial score (nSPS) is 15.2. The van der Waals surface area contributed by atoms with E-state index in [1.165, 1.54) is 0 Å². The Morgan fingerprint density at radius 3 is 2.49 bits per heavy atom. The van der Waals surface area contributed by atoms with Crippen LogP contribution in [0, 0.1) is 5.92 Å². The molecule has 1 unspecified atom stereocenters. The molecule has 8 heteroatoms. The third kappa shape index (κ3) is 5.59. The van der Waals surface area contributed by atoms with Crippen molar-refractivity contribution in [1.82, 2.24) is 15.3 Å². The van der Waals surface area contributed by atoms with Gasteiger partial charge in [0.05, 0.1) is 17.6 Å². The van der Waals surface area contributed by atoms with Crippen molar-refractivity contribution >= 4 is 34.7 Å². The molecule has 1 atom stereocenters. The third-order valence-electron chi connectivity index (χ3n) is 6.26. The molecule has 0 aliphatic carbocycles. The number of anilines is 4. The van der Waals surface area contributed by atoms with Crippen molar-refractivity contribution in [2.45, 2.75) is 39.8 Å². The lowest BCUT2D eigenvalue weighted by Crippen LogP contribution is -2.51. The summed E-state index contributed by atoms with van der Waals surface area (Å²) in [5, 5.41) is 6.24. The van der Waals surface area contributed by atoms with E-state index in [1.807, 2.05) is 37.3 Å². The zero-order valence-electron chi connectivity index (χ0n) is 20.7. The fourth-order valence-electron chi connectivity index (χ4n) is 4.08. The number of hydrogen-bond donors (Lipinski definition) is 2. The van der Waals surface area contributed by atoms with Crippen molar-refractivity contribution in [2.75, 3.05) is 28.7 Å². The van der Waals surface area contributed by atoms with Gasteiger partial charge in [0.15, 0.2) is 0 Å². The maximum atomic E-state index is 12.7. The van der Waals surface area contributed by atoms with Crippen molar-refractivity contribution in [3.8, 4) is 0 Å². The van der Waals surface area contributed by atoms with Crippen LogP contribution in [0.2, 0.25) is 0 Å². The molecule has 1 aliphatic heterocycles. The number of fused-ring (bicyclic) bond motifs is 1. The smallest absolute Gasteiger partial charge is 0.251 e. The number of nitrogens with one attached hydrogen (secondary N) is 2. The lowest BCUT2D eigenvalue weighted by molar-refractivity contribution is -0.119. The highest BCUT2D eigenvalue weighted by molar-refractivity contribution is 6.05. The number of nitrogens with zero attached hydrogens (tertiary/aromatic N) is 4. The van der Waals surface area contributed by atoms with Gasteiger partial charge in [-0.15, -0.1) is 0 Å². The SMILES string of the molecule is CC(C)CCN1c2cc(Nc3ccc(C(=O)NCc4ccncc4)cc3)ncc2N(C)C(=O)C1C. The van der Waals surface area contributed by atoms with Gasteiger partial charge in [0.1, 0.15) is 11.9 Å². The molecule has 35 heavy (non-hydrogen) atoms. The van der Waals surface area contributed by atoms with E-state index in [1.54, 1.807) is 42.7 Å². The maximum Gasteiger partial charge on any atom is 0.251 e. The lowest BCUT2D eigenvalue weighted by atomic mass is 10.1. The van der Waals surface area contributed by atoms with Gasteiger partial charge < -0.3 is 20.4 Å². The van der Waals surface area contributed by atoms with E-state index in [0.717, 1.165) is 35.6 Å². The number of benzene rings is 1. The molecule has 182 valence electrons. The van der Waals surface area contributed by atoms with Gasteiger partial charge in [-0.2, -0.15) is 0 Å². The molecule has 1 aromatic carbocycles. The van der Waals surface area contributed by atoms with Crippen molar-refractivity contribution < 1.29 is 9.59 Å². The van der Waals surface area contributed by atoms with Crippen molar-refractivity contribution in [3.63, 3.8) is 0 Å². The summed E-state index contributed by atoms with van der Waals surface area (Å²) >= 11 is 0. The average Bonchev–Trinajstić information content (AvgIpc) is 2.87. The number of likely N-dealkylation sites (N-methyl/N-ethyl adjacent to an activating group) is 1. The van der Waals surface area contributed by atoms with Crippen LogP contribution in [0.4, 0.5) is 22.9 Å². The molecule has 0 saturated heterocycles. The number of aromatic nitrogens is 2. The molecule has 2 aromatic heterocycles. The van der Waals surface area contributed by atoms with Crippen LogP contribution >= 0.6 is 0 Å². The molecule has 0 spiro atoms. The Bertz CT molecular complexity index is 1180. The summed E-state index contributed by atoms with van der Waals surface area (Å²) in [4.78, 5) is 37.6. The summed E-state index contributed by atoms with van der Waals surface area (Å²) in [6, 6.07) is 12.8. The molecule has 1 aliphatic rings.